The van der Waals surface area contributed by atoms with Crippen LogP contribution in [0.3, 0.4) is 0 Å². The molecule has 3 aromatic rings. The van der Waals surface area contributed by atoms with Crippen molar-refractivity contribution >= 4 is 33.5 Å². The largest absolute Gasteiger partial charge is 0.334 e. The average Bonchev–Trinajstić information content (AvgIpc) is 2.86. The van der Waals surface area contributed by atoms with Crippen molar-refractivity contribution in [2.24, 2.45) is 5.16 Å². The monoisotopic (exact) mass is 306 g/mol. The minimum absolute atomic E-state index is 0.144. The van der Waals surface area contributed by atoms with Gasteiger partial charge in [-0.15, -0.1) is 0 Å². The predicted molar refractivity (Wildman–Crippen MR) is 91.7 cm³/mol. The van der Waals surface area contributed by atoms with Crippen LogP contribution in [0, 0.1) is 0 Å². The summed E-state index contributed by atoms with van der Waals surface area (Å²) in [5, 5.41) is 6.58. The van der Waals surface area contributed by atoms with Gasteiger partial charge in [-0.05, 0) is 19.9 Å². The molecule has 0 saturated carbocycles. The van der Waals surface area contributed by atoms with Gasteiger partial charge < -0.3 is 9.40 Å². The highest BCUT2D eigenvalue weighted by Gasteiger charge is 2.34. The van der Waals surface area contributed by atoms with Crippen molar-refractivity contribution in [3.05, 3.63) is 48.0 Å². The highest BCUT2D eigenvalue weighted by molar-refractivity contribution is 6.19. The van der Waals surface area contributed by atoms with Crippen molar-refractivity contribution in [2.45, 2.75) is 32.7 Å². The van der Waals surface area contributed by atoms with Crippen molar-refractivity contribution in [3.63, 3.8) is 0 Å². The zero-order chi connectivity index (χ0) is 16.2. The van der Waals surface area contributed by atoms with E-state index < -0.39 is 5.97 Å². The number of aromatic nitrogens is 1. The normalized spacial score (nSPS) is 17.8. The van der Waals surface area contributed by atoms with E-state index in [1.807, 2.05) is 6.07 Å². The van der Waals surface area contributed by atoms with Crippen LogP contribution in [0.1, 0.15) is 32.8 Å². The Bertz CT molecular complexity index is 980. The number of nitrogens with zero attached hydrogens (tertiary/aromatic N) is 2. The third-order valence-electron chi connectivity index (χ3n) is 4.50. The van der Waals surface area contributed by atoms with Gasteiger partial charge in [-0.1, -0.05) is 41.6 Å². The van der Waals surface area contributed by atoms with Gasteiger partial charge in [0.2, 0.25) is 0 Å². The van der Waals surface area contributed by atoms with Crippen LogP contribution in [0.2, 0.25) is 0 Å². The third kappa shape index (κ3) is 1.98. The summed E-state index contributed by atoms with van der Waals surface area (Å²) in [6.45, 7) is 5.76. The molecule has 116 valence electrons. The van der Waals surface area contributed by atoms with Gasteiger partial charge in [0.25, 0.3) is 0 Å². The molecule has 1 aliphatic rings. The van der Waals surface area contributed by atoms with E-state index in [1.165, 1.54) is 23.2 Å². The first kappa shape index (κ1) is 14.0. The molecule has 0 atom stereocenters. The Hall–Kier alpha value is -2.62. The molecule has 0 spiro atoms. The van der Waals surface area contributed by atoms with Gasteiger partial charge in [-0.2, -0.15) is 0 Å². The van der Waals surface area contributed by atoms with E-state index in [4.69, 9.17) is 4.84 Å². The highest BCUT2D eigenvalue weighted by Crippen LogP contribution is 2.41. The number of hydrogen-bond acceptors (Lipinski definition) is 3. The number of hydrogen-bond donors (Lipinski definition) is 0. The van der Waals surface area contributed by atoms with Crippen LogP contribution < -0.4 is 0 Å². The van der Waals surface area contributed by atoms with E-state index in [0.717, 1.165) is 16.8 Å². The fourth-order valence-corrected chi connectivity index (χ4v) is 3.67. The molecule has 0 fully saturated rings. The molecule has 23 heavy (non-hydrogen) atoms. The predicted octanol–water partition coefficient (Wildman–Crippen LogP) is 4.20. The highest BCUT2D eigenvalue weighted by atomic mass is 16.7. The summed E-state index contributed by atoms with van der Waals surface area (Å²) in [5.74, 6) is -0.395. The Balaban J connectivity index is 2.12. The molecule has 1 aromatic heterocycles. The van der Waals surface area contributed by atoms with Crippen LogP contribution in [0.25, 0.3) is 21.8 Å². The lowest BCUT2D eigenvalue weighted by Gasteiger charge is -2.34. The number of fused-ring (bicyclic) bond motifs is 3. The van der Waals surface area contributed by atoms with Crippen molar-refractivity contribution in [1.29, 1.82) is 0 Å². The lowest BCUT2D eigenvalue weighted by atomic mass is 9.88. The molecular weight excluding hydrogens is 288 g/mol. The van der Waals surface area contributed by atoms with Gasteiger partial charge in [0.05, 0.1) is 11.2 Å². The van der Waals surface area contributed by atoms with Crippen molar-refractivity contribution < 1.29 is 9.63 Å². The minimum atomic E-state index is -0.395. The lowest BCUT2D eigenvalue weighted by Crippen LogP contribution is -2.34. The number of carbonyl (C=O) groups is 1. The fourth-order valence-electron chi connectivity index (χ4n) is 3.67. The summed E-state index contributed by atoms with van der Waals surface area (Å²) in [6.07, 6.45) is 0.713. The van der Waals surface area contributed by atoms with Gasteiger partial charge >= 0.3 is 5.97 Å². The number of para-hydroxylation sites is 2. The second-order valence-corrected chi connectivity index (χ2v) is 6.66. The average molecular weight is 306 g/mol. The first-order valence-corrected chi connectivity index (χ1v) is 7.76. The van der Waals surface area contributed by atoms with Gasteiger partial charge in [-0.3, -0.25) is 0 Å². The van der Waals surface area contributed by atoms with Gasteiger partial charge in [0, 0.05) is 40.7 Å². The molecule has 1 aliphatic heterocycles. The number of rotatable bonds is 1. The van der Waals surface area contributed by atoms with E-state index >= 15 is 0 Å². The smallest absolute Gasteiger partial charge is 0.331 e. The van der Waals surface area contributed by atoms with Crippen LogP contribution in [0.4, 0.5) is 0 Å². The van der Waals surface area contributed by atoms with Crippen LogP contribution in [-0.4, -0.2) is 16.2 Å². The summed E-state index contributed by atoms with van der Waals surface area (Å²) in [6, 6.07) is 14.7. The molecule has 0 unspecified atom stereocenters. The van der Waals surface area contributed by atoms with Crippen LogP contribution in [-0.2, 0) is 15.2 Å². The Labute approximate surface area is 134 Å². The maximum atomic E-state index is 11.1. The summed E-state index contributed by atoms with van der Waals surface area (Å²) in [7, 11) is 0. The Morgan fingerprint density at radius 2 is 1.87 bits per heavy atom. The van der Waals surface area contributed by atoms with E-state index in [-0.39, 0.29) is 5.54 Å². The lowest BCUT2D eigenvalue weighted by molar-refractivity contribution is -0.140. The molecule has 2 heterocycles. The van der Waals surface area contributed by atoms with Gasteiger partial charge in [-0.25, -0.2) is 4.79 Å². The van der Waals surface area contributed by atoms with E-state index in [0.29, 0.717) is 6.42 Å². The van der Waals surface area contributed by atoms with Crippen LogP contribution in [0.15, 0.2) is 47.6 Å². The molecule has 0 saturated heterocycles. The molecule has 4 heteroatoms. The molecule has 0 N–H and O–H groups in total. The number of oxime groups is 1. The van der Waals surface area contributed by atoms with Crippen LogP contribution >= 0.6 is 0 Å². The maximum Gasteiger partial charge on any atom is 0.331 e. The topological polar surface area (TPSA) is 43.6 Å². The molecule has 2 aromatic carbocycles. The molecule has 4 nitrogen and oxygen atoms in total. The first-order chi connectivity index (χ1) is 11.0. The van der Waals surface area contributed by atoms with Crippen molar-refractivity contribution in [3.8, 4) is 0 Å². The molecule has 0 radical (unpaired) electrons. The second-order valence-electron chi connectivity index (χ2n) is 6.66. The molecular formula is C19H18N2O2. The summed E-state index contributed by atoms with van der Waals surface area (Å²) >= 11 is 0. The maximum absolute atomic E-state index is 11.1. The zero-order valence-electron chi connectivity index (χ0n) is 13.5. The molecule has 0 amide bonds. The van der Waals surface area contributed by atoms with Crippen molar-refractivity contribution in [1.82, 2.24) is 4.57 Å². The standard InChI is InChI=1S/C19H18N2O2/c1-12(22)23-20-16-11-19(2,3)21-17-10-5-4-7-13(17)14-8-6-9-15(16)18(14)21/h4-10H,11H2,1-3H3/b20-16+. The third-order valence-corrected chi connectivity index (χ3v) is 4.50. The summed E-state index contributed by atoms with van der Waals surface area (Å²) < 4.78 is 2.39. The second kappa shape index (κ2) is 4.69. The van der Waals surface area contributed by atoms with Crippen molar-refractivity contribution in [2.75, 3.05) is 0 Å². The van der Waals surface area contributed by atoms with Crippen LogP contribution in [0.5, 0.6) is 0 Å². The molecule has 0 aliphatic carbocycles. The fraction of sp³-hybridized carbons (Fsp3) is 0.263. The zero-order valence-corrected chi connectivity index (χ0v) is 13.5. The number of benzene rings is 2. The minimum Gasteiger partial charge on any atom is -0.334 e. The van der Waals surface area contributed by atoms with Gasteiger partial charge in [0.15, 0.2) is 0 Å². The Morgan fingerprint density at radius 3 is 2.65 bits per heavy atom. The Kier molecular flexibility index (Phi) is 2.85. The summed E-state index contributed by atoms with van der Waals surface area (Å²) in [4.78, 5) is 16.1. The quantitative estimate of drug-likeness (QED) is 0.499. The molecule has 0 bridgehead atoms. The SMILES string of the molecule is CC(=O)O/N=C1\CC(C)(C)n2c3ccccc3c3cccc1c32. The Morgan fingerprint density at radius 1 is 1.13 bits per heavy atom. The first-order valence-electron chi connectivity index (χ1n) is 7.76. The number of carbonyl (C=O) groups excluding carboxylic acids is 1. The van der Waals surface area contributed by atoms with E-state index in [2.05, 4.69) is 60.0 Å². The van der Waals surface area contributed by atoms with E-state index in [9.17, 15) is 4.79 Å². The van der Waals surface area contributed by atoms with E-state index in [1.54, 1.807) is 0 Å². The summed E-state index contributed by atoms with van der Waals surface area (Å²) in [5.41, 5.74) is 4.11. The van der Waals surface area contributed by atoms with Gasteiger partial charge in [0.1, 0.15) is 0 Å². The molecule has 4 rings (SSSR count).